The zero-order chi connectivity index (χ0) is 10.4. The molecule has 0 saturated heterocycles. The van der Waals surface area contributed by atoms with Crippen LogP contribution in [0, 0.1) is 5.92 Å². The number of aliphatic hydroxyl groups is 1. The molecule has 0 radical (unpaired) electrons. The first-order chi connectivity index (χ1) is 6.72. The maximum atomic E-state index is 8.68. The Labute approximate surface area is 90.5 Å². The molecule has 0 aliphatic carbocycles. The van der Waals surface area contributed by atoms with Crippen LogP contribution in [0.5, 0.6) is 0 Å². The van der Waals surface area contributed by atoms with Gasteiger partial charge in [-0.2, -0.15) is 0 Å². The van der Waals surface area contributed by atoms with Crippen molar-refractivity contribution in [3.05, 3.63) is 29.8 Å². The quantitative estimate of drug-likeness (QED) is 0.754. The molecule has 1 aromatic carbocycles. The topological polar surface area (TPSA) is 20.2 Å². The van der Waals surface area contributed by atoms with Crippen molar-refractivity contribution in [1.82, 2.24) is 0 Å². The van der Waals surface area contributed by atoms with Crippen LogP contribution >= 0.6 is 11.8 Å². The van der Waals surface area contributed by atoms with Crippen LogP contribution in [0.1, 0.15) is 19.4 Å². The highest BCUT2D eigenvalue weighted by atomic mass is 32.2. The summed E-state index contributed by atoms with van der Waals surface area (Å²) in [4.78, 5) is 1.24. The lowest BCUT2D eigenvalue weighted by Gasteiger charge is -2.05. The maximum absolute atomic E-state index is 8.68. The minimum Gasteiger partial charge on any atom is -0.396 e. The van der Waals surface area contributed by atoms with E-state index in [9.17, 15) is 0 Å². The fraction of sp³-hybridized carbons (Fsp3) is 0.500. The molecule has 0 aromatic heterocycles. The SMILES string of the molecule is CC(C)Cc1ccc(SCCO)cc1. The van der Waals surface area contributed by atoms with Crippen molar-refractivity contribution in [2.24, 2.45) is 5.92 Å². The fourth-order valence-corrected chi connectivity index (χ4v) is 2.01. The molecule has 0 heterocycles. The van der Waals surface area contributed by atoms with Gasteiger partial charge in [0.2, 0.25) is 0 Å². The summed E-state index contributed by atoms with van der Waals surface area (Å²) >= 11 is 1.70. The van der Waals surface area contributed by atoms with E-state index in [0.717, 1.165) is 12.2 Å². The maximum Gasteiger partial charge on any atom is 0.0525 e. The highest BCUT2D eigenvalue weighted by Gasteiger charge is 1.98. The van der Waals surface area contributed by atoms with Crippen LogP contribution in [0.3, 0.4) is 0 Å². The molecule has 0 unspecified atom stereocenters. The molecule has 1 rings (SSSR count). The number of thioether (sulfide) groups is 1. The second-order valence-electron chi connectivity index (χ2n) is 3.81. The fourth-order valence-electron chi connectivity index (χ4n) is 1.36. The van der Waals surface area contributed by atoms with Crippen molar-refractivity contribution in [3.63, 3.8) is 0 Å². The van der Waals surface area contributed by atoms with Crippen molar-refractivity contribution in [3.8, 4) is 0 Å². The van der Waals surface area contributed by atoms with Gasteiger partial charge in [-0.05, 0) is 30.0 Å². The minimum absolute atomic E-state index is 0.248. The average molecular weight is 210 g/mol. The zero-order valence-electron chi connectivity index (χ0n) is 8.86. The molecule has 78 valence electrons. The monoisotopic (exact) mass is 210 g/mol. The van der Waals surface area contributed by atoms with Gasteiger partial charge in [0.15, 0.2) is 0 Å². The van der Waals surface area contributed by atoms with E-state index in [1.54, 1.807) is 11.8 Å². The lowest BCUT2D eigenvalue weighted by Crippen LogP contribution is -1.93. The van der Waals surface area contributed by atoms with Crippen LogP contribution in [-0.2, 0) is 6.42 Å². The largest absolute Gasteiger partial charge is 0.396 e. The zero-order valence-corrected chi connectivity index (χ0v) is 9.68. The van der Waals surface area contributed by atoms with E-state index < -0.39 is 0 Å². The second kappa shape index (κ2) is 6.10. The number of benzene rings is 1. The van der Waals surface area contributed by atoms with Crippen molar-refractivity contribution in [2.75, 3.05) is 12.4 Å². The Hall–Kier alpha value is -0.470. The third-order valence-corrected chi connectivity index (χ3v) is 2.92. The Kier molecular flexibility index (Phi) is 5.05. The van der Waals surface area contributed by atoms with Crippen molar-refractivity contribution in [2.45, 2.75) is 25.2 Å². The molecule has 0 aliphatic heterocycles. The highest BCUT2D eigenvalue weighted by molar-refractivity contribution is 7.99. The molecular formula is C12H18OS. The smallest absolute Gasteiger partial charge is 0.0525 e. The first-order valence-corrected chi connectivity index (χ1v) is 6.03. The van der Waals surface area contributed by atoms with E-state index in [1.807, 2.05) is 0 Å². The molecule has 0 saturated carbocycles. The normalized spacial score (nSPS) is 10.9. The van der Waals surface area contributed by atoms with Crippen LogP contribution in [0.4, 0.5) is 0 Å². The highest BCUT2D eigenvalue weighted by Crippen LogP contribution is 2.18. The lowest BCUT2D eigenvalue weighted by atomic mass is 10.0. The van der Waals surface area contributed by atoms with Gasteiger partial charge in [-0.15, -0.1) is 11.8 Å². The Balaban J connectivity index is 2.50. The summed E-state index contributed by atoms with van der Waals surface area (Å²) in [5.74, 6) is 1.50. The van der Waals surface area contributed by atoms with Gasteiger partial charge < -0.3 is 5.11 Å². The van der Waals surface area contributed by atoms with Crippen molar-refractivity contribution < 1.29 is 5.11 Å². The first kappa shape index (κ1) is 11.6. The van der Waals surface area contributed by atoms with Gasteiger partial charge in [0.25, 0.3) is 0 Å². The van der Waals surface area contributed by atoms with E-state index in [-0.39, 0.29) is 6.61 Å². The summed E-state index contributed by atoms with van der Waals surface area (Å²) in [6.07, 6.45) is 1.14. The summed E-state index contributed by atoms with van der Waals surface area (Å²) in [5, 5.41) is 8.68. The molecule has 2 heteroatoms. The van der Waals surface area contributed by atoms with Crippen LogP contribution in [0.25, 0.3) is 0 Å². The number of aliphatic hydroxyl groups excluding tert-OH is 1. The van der Waals surface area contributed by atoms with Gasteiger partial charge >= 0.3 is 0 Å². The van der Waals surface area contributed by atoms with E-state index in [0.29, 0.717) is 5.92 Å². The molecule has 0 amide bonds. The second-order valence-corrected chi connectivity index (χ2v) is 4.98. The third-order valence-electron chi connectivity index (χ3n) is 1.93. The molecule has 14 heavy (non-hydrogen) atoms. The van der Waals surface area contributed by atoms with E-state index in [1.165, 1.54) is 10.5 Å². The number of hydrogen-bond donors (Lipinski definition) is 1. The average Bonchev–Trinajstić information content (AvgIpc) is 2.16. The van der Waals surface area contributed by atoms with Crippen LogP contribution in [-0.4, -0.2) is 17.5 Å². The molecular weight excluding hydrogens is 192 g/mol. The summed E-state index contributed by atoms with van der Waals surface area (Å²) < 4.78 is 0. The van der Waals surface area contributed by atoms with Gasteiger partial charge in [-0.3, -0.25) is 0 Å². The van der Waals surface area contributed by atoms with Gasteiger partial charge in [-0.1, -0.05) is 26.0 Å². The summed E-state index contributed by atoms with van der Waals surface area (Å²) in [7, 11) is 0. The lowest BCUT2D eigenvalue weighted by molar-refractivity contribution is 0.322. The number of rotatable bonds is 5. The van der Waals surface area contributed by atoms with Crippen LogP contribution in [0.2, 0.25) is 0 Å². The molecule has 1 N–H and O–H groups in total. The van der Waals surface area contributed by atoms with Crippen molar-refractivity contribution in [1.29, 1.82) is 0 Å². The molecule has 0 fully saturated rings. The molecule has 0 spiro atoms. The van der Waals surface area contributed by atoms with Crippen LogP contribution in [0.15, 0.2) is 29.2 Å². The Morgan fingerprint density at radius 3 is 2.36 bits per heavy atom. The standard InChI is InChI=1S/C12H18OS/c1-10(2)9-11-3-5-12(6-4-11)14-8-7-13/h3-6,10,13H,7-9H2,1-2H3. The van der Waals surface area contributed by atoms with Crippen LogP contribution < -0.4 is 0 Å². The molecule has 0 aliphatic rings. The minimum atomic E-state index is 0.248. The molecule has 1 nitrogen and oxygen atoms in total. The molecule has 1 aromatic rings. The van der Waals surface area contributed by atoms with Gasteiger partial charge in [0.05, 0.1) is 6.61 Å². The molecule has 0 bridgehead atoms. The van der Waals surface area contributed by atoms with Crippen molar-refractivity contribution >= 4 is 11.8 Å². The van der Waals surface area contributed by atoms with Gasteiger partial charge in [0.1, 0.15) is 0 Å². The predicted octanol–water partition coefficient (Wildman–Crippen LogP) is 2.97. The summed E-state index contributed by atoms with van der Waals surface area (Å²) in [5.41, 5.74) is 1.40. The summed E-state index contributed by atoms with van der Waals surface area (Å²) in [6.45, 7) is 4.71. The first-order valence-electron chi connectivity index (χ1n) is 5.05. The summed E-state index contributed by atoms with van der Waals surface area (Å²) in [6, 6.07) is 8.63. The van der Waals surface area contributed by atoms with E-state index in [2.05, 4.69) is 38.1 Å². The predicted molar refractivity (Wildman–Crippen MR) is 62.8 cm³/mol. The van der Waals surface area contributed by atoms with E-state index >= 15 is 0 Å². The molecule has 0 atom stereocenters. The Morgan fingerprint density at radius 2 is 1.86 bits per heavy atom. The Morgan fingerprint density at radius 1 is 1.21 bits per heavy atom. The Bertz CT molecular complexity index is 254. The van der Waals surface area contributed by atoms with E-state index in [4.69, 9.17) is 5.11 Å². The number of hydrogen-bond acceptors (Lipinski definition) is 2. The van der Waals surface area contributed by atoms with Gasteiger partial charge in [-0.25, -0.2) is 0 Å². The van der Waals surface area contributed by atoms with Gasteiger partial charge in [0, 0.05) is 10.6 Å². The third kappa shape index (κ3) is 4.16.